The lowest BCUT2D eigenvalue weighted by Crippen LogP contribution is -2.73. The zero-order chi connectivity index (χ0) is 60.3. The van der Waals surface area contributed by atoms with Gasteiger partial charge in [0.25, 0.3) is 0 Å². The van der Waals surface area contributed by atoms with Crippen LogP contribution in [-0.2, 0) is 47.5 Å². The van der Waals surface area contributed by atoms with Crippen LogP contribution in [0.15, 0.2) is 0 Å². The van der Waals surface area contributed by atoms with E-state index in [4.69, 9.17) is 33.2 Å². The first-order valence-electron chi connectivity index (χ1n) is 25.4. The summed E-state index contributed by atoms with van der Waals surface area (Å²) in [4.78, 5) is 37.2. The smallest absolute Gasteiger partial charge is 0.217 e. The molecule has 28 atom stereocenters. The normalized spacial score (nSPS) is 43.2. The minimum Gasteiger partial charge on any atom is -0.394 e. The number of ether oxygens (including phenoxy) is 7. The Morgan fingerprint density at radius 3 is 1.27 bits per heavy atom. The predicted molar refractivity (Wildman–Crippen MR) is 251 cm³/mol. The van der Waals surface area contributed by atoms with E-state index in [-0.39, 0.29) is 0 Å². The number of carbonyl (C=O) groups excluding carboxylic acids is 3. The summed E-state index contributed by atoms with van der Waals surface area (Å²) in [6.45, 7) is -3.47. The van der Waals surface area contributed by atoms with Gasteiger partial charge in [-0.25, -0.2) is 0 Å². The number of hydrogen-bond donors (Lipinski definition) is 25. The topological polar surface area (TPSA) is 597 Å². The molecule has 0 aromatic rings. The third kappa shape index (κ3) is 15.4. The first-order valence-corrected chi connectivity index (χ1v) is 25.4. The van der Waals surface area contributed by atoms with Crippen LogP contribution in [0.1, 0.15) is 52.9 Å². The van der Waals surface area contributed by atoms with Gasteiger partial charge in [0.05, 0.1) is 62.9 Å². The van der Waals surface area contributed by atoms with E-state index in [0.717, 1.165) is 20.8 Å². The molecule has 0 spiro atoms. The van der Waals surface area contributed by atoms with Crippen molar-refractivity contribution in [3.05, 3.63) is 0 Å². The fourth-order valence-electron chi connectivity index (χ4n) is 11.0. The van der Waals surface area contributed by atoms with Crippen molar-refractivity contribution >= 4 is 17.7 Å². The first kappa shape index (κ1) is 68.0. The Hall–Kier alpha value is -2.75. The third-order valence-electron chi connectivity index (χ3n) is 14.8. The summed E-state index contributed by atoms with van der Waals surface area (Å²) in [6.07, 6.45) is -56.6. The average Bonchev–Trinajstić information content (AvgIpc) is 3.45. The summed E-state index contributed by atoms with van der Waals surface area (Å²) in [5.74, 6) is -12.4. The Bertz CT molecular complexity index is 1960. The molecule has 5 rings (SSSR count). The van der Waals surface area contributed by atoms with Crippen molar-refractivity contribution in [1.29, 1.82) is 0 Å². The molecule has 0 bridgehead atoms. The molecule has 0 aromatic heterocycles. The Labute approximate surface area is 454 Å². The van der Waals surface area contributed by atoms with Crippen LogP contribution in [-0.4, -0.2) is 339 Å². The molecule has 5 aliphatic heterocycles. The number of amides is 3. The highest BCUT2D eigenvalue weighted by Crippen LogP contribution is 2.49. The van der Waals surface area contributed by atoms with Crippen molar-refractivity contribution in [1.82, 2.24) is 16.0 Å². The van der Waals surface area contributed by atoms with Crippen molar-refractivity contribution in [2.75, 3.05) is 33.0 Å². The number of nitrogens with one attached hydrogen (secondary N) is 3. The Morgan fingerprint density at radius 1 is 0.537 bits per heavy atom. The molecular formula is C45H79N3O32. The largest absolute Gasteiger partial charge is 0.394 e. The first-order chi connectivity index (χ1) is 37.1. The van der Waals surface area contributed by atoms with Crippen molar-refractivity contribution in [2.45, 2.75) is 229 Å². The lowest BCUT2D eigenvalue weighted by molar-refractivity contribution is -0.398. The Kier molecular flexibility index (Phi) is 23.4. The van der Waals surface area contributed by atoms with Gasteiger partial charge in [0.15, 0.2) is 29.9 Å². The van der Waals surface area contributed by atoms with Gasteiger partial charge in [-0.2, -0.15) is 0 Å². The quantitative estimate of drug-likeness (QED) is 0.0452. The molecule has 466 valence electrons. The molecule has 35 heteroatoms. The van der Waals surface area contributed by atoms with Crippen molar-refractivity contribution < 1.29 is 160 Å². The molecule has 0 aliphatic carbocycles. The van der Waals surface area contributed by atoms with Gasteiger partial charge >= 0.3 is 0 Å². The second-order valence-corrected chi connectivity index (χ2v) is 21.2. The molecular weight excluding hydrogens is 1090 g/mol. The highest BCUT2D eigenvalue weighted by molar-refractivity contribution is 5.74. The van der Waals surface area contributed by atoms with Gasteiger partial charge in [0.2, 0.25) is 17.7 Å². The molecule has 35 nitrogen and oxygen atoms in total. The number of rotatable bonds is 23. The fourth-order valence-corrected chi connectivity index (χ4v) is 11.0. The molecule has 3 amide bonds. The standard InChI is InChI=1S/C45H79N3O32/c1-14(53)46-24-17(56)4-43(71,78-36(24)27(62)20(59)7-49)11-42(12-44(72)5-18(57)25(47-15(2)54)37(79-44)28(63)21(60)8-50,74-13-45(73)6-19(58)26(48-16(3)55)38(80-45)29(64)22(61)9-51)39-32(67)30(65)34(69)41(77-39)76-35-23(10-52)75-40(70)33(68)31(35)66/h17-41,49-52,56-73H,4-13H2,1-3H3,(H,46,53)(H,47,54)(H,48,55)/t17-,18-,19-,20+,21+,22+,23+,24+,25+,26+,27+,28+,29+,30-,31+,32+,33+,34+,35+,36+,37+,38+,39-,40-,41+,43-,44-,45-/m0/s1. The maximum atomic E-state index is 12.8. The van der Waals surface area contributed by atoms with E-state index in [2.05, 4.69) is 16.0 Å². The molecule has 5 saturated heterocycles. The van der Waals surface area contributed by atoms with Crippen molar-refractivity contribution in [2.24, 2.45) is 0 Å². The molecule has 5 fully saturated rings. The maximum absolute atomic E-state index is 12.8. The minimum atomic E-state index is -3.31. The van der Waals surface area contributed by atoms with Crippen molar-refractivity contribution in [3.63, 3.8) is 0 Å². The summed E-state index contributed by atoms with van der Waals surface area (Å²) >= 11 is 0. The molecule has 5 heterocycles. The highest BCUT2D eigenvalue weighted by atomic mass is 16.7. The summed E-state index contributed by atoms with van der Waals surface area (Å²) in [7, 11) is 0. The van der Waals surface area contributed by atoms with Crippen LogP contribution >= 0.6 is 0 Å². The van der Waals surface area contributed by atoms with E-state index < -0.39 is 259 Å². The maximum Gasteiger partial charge on any atom is 0.217 e. The van der Waals surface area contributed by atoms with Crippen LogP contribution in [0.25, 0.3) is 0 Å². The summed E-state index contributed by atoms with van der Waals surface area (Å²) in [5, 5.41) is 252. The van der Waals surface area contributed by atoms with Crippen molar-refractivity contribution in [3.8, 4) is 0 Å². The molecule has 0 unspecified atom stereocenters. The lowest BCUT2D eigenvalue weighted by atomic mass is 9.73. The zero-order valence-corrected chi connectivity index (χ0v) is 43.4. The zero-order valence-electron chi connectivity index (χ0n) is 43.4. The van der Waals surface area contributed by atoms with Gasteiger partial charge in [-0.15, -0.1) is 0 Å². The second kappa shape index (κ2) is 27.5. The van der Waals surface area contributed by atoms with E-state index >= 15 is 0 Å². The van der Waals surface area contributed by atoms with E-state index in [1.54, 1.807) is 0 Å². The number of hydrogen-bond acceptors (Lipinski definition) is 32. The van der Waals surface area contributed by atoms with E-state index in [9.17, 15) is 127 Å². The van der Waals surface area contributed by atoms with Gasteiger partial charge < -0.3 is 161 Å². The monoisotopic (exact) mass is 1170 g/mol. The Morgan fingerprint density at radius 2 is 0.912 bits per heavy atom. The number of aliphatic hydroxyl groups is 22. The fraction of sp³-hybridized carbons (Fsp3) is 0.933. The van der Waals surface area contributed by atoms with Crippen LogP contribution in [0, 0.1) is 0 Å². The molecule has 25 N–H and O–H groups in total. The van der Waals surface area contributed by atoms with E-state index in [0.29, 0.717) is 0 Å². The molecule has 80 heavy (non-hydrogen) atoms. The Balaban J connectivity index is 1.80. The number of aliphatic hydroxyl groups excluding tert-OH is 19. The van der Waals surface area contributed by atoms with Gasteiger partial charge in [-0.05, 0) is 0 Å². The van der Waals surface area contributed by atoms with Gasteiger partial charge in [0.1, 0.15) is 116 Å². The minimum absolute atomic E-state index is 0.865. The van der Waals surface area contributed by atoms with Gasteiger partial charge in [-0.3, -0.25) is 14.4 Å². The predicted octanol–water partition coefficient (Wildman–Crippen LogP) is -14.7. The SMILES string of the molecule is CC(=O)N[C@H]1[C@H]([C@H](O)[C@H](O)CO)O[C@](O)(CC(C[C@]2(O)C[C@H](O)[C@@H](NC(C)=O)[C@H]([C@H](O)[C@H](O)CO)O2)(OC[C@]2(O)C[C@H](O)[C@@H](NC(C)=O)[C@H]([C@H](O)[C@H](O)CO)O2)[C@H]2O[C@@H](O[C@H]3[C@H](O)[C@@H](O)[C@@H](O)O[C@@H]3CO)[C@H](O)[C@@H](O)[C@H]2O)C[C@@H]1O. The van der Waals surface area contributed by atoms with Crippen LogP contribution < -0.4 is 16.0 Å². The van der Waals surface area contributed by atoms with E-state index in [1.165, 1.54) is 0 Å². The molecule has 5 aliphatic rings. The van der Waals surface area contributed by atoms with Gasteiger partial charge in [0, 0.05) is 52.9 Å². The van der Waals surface area contributed by atoms with Crippen LogP contribution in [0.4, 0.5) is 0 Å². The van der Waals surface area contributed by atoms with Gasteiger partial charge in [-0.1, -0.05) is 0 Å². The van der Waals surface area contributed by atoms with Crippen LogP contribution in [0.2, 0.25) is 0 Å². The van der Waals surface area contributed by atoms with E-state index in [1.807, 2.05) is 0 Å². The third-order valence-corrected chi connectivity index (χ3v) is 14.8. The van der Waals surface area contributed by atoms with Crippen LogP contribution in [0.5, 0.6) is 0 Å². The van der Waals surface area contributed by atoms with Crippen LogP contribution in [0.3, 0.4) is 0 Å². The summed E-state index contributed by atoms with van der Waals surface area (Å²) in [6, 6.07) is -5.30. The average molecular weight is 1170 g/mol. The lowest BCUT2D eigenvalue weighted by Gasteiger charge is -2.56. The summed E-state index contributed by atoms with van der Waals surface area (Å²) < 4.78 is 41.2. The molecule has 0 radical (unpaired) electrons. The number of carbonyl (C=O) groups is 3. The second-order valence-electron chi connectivity index (χ2n) is 21.2. The molecule has 0 saturated carbocycles. The molecule has 0 aromatic carbocycles. The highest BCUT2D eigenvalue weighted by Gasteiger charge is 2.65. The summed E-state index contributed by atoms with van der Waals surface area (Å²) in [5.41, 5.74) is -3.31.